The number of methoxy groups -OCH3 is 3. The Morgan fingerprint density at radius 2 is 1.79 bits per heavy atom. The van der Waals surface area contributed by atoms with Gasteiger partial charge < -0.3 is 24.1 Å². The topological polar surface area (TPSA) is 91.3 Å². The summed E-state index contributed by atoms with van der Waals surface area (Å²) in [7, 11) is 4.51. The van der Waals surface area contributed by atoms with Gasteiger partial charge in [-0.25, -0.2) is 0 Å². The summed E-state index contributed by atoms with van der Waals surface area (Å²) in [6.45, 7) is 0.256. The lowest BCUT2D eigenvalue weighted by atomic mass is 9.64. The van der Waals surface area contributed by atoms with Crippen LogP contribution in [-0.4, -0.2) is 51.2 Å². The number of aliphatic hydroxyl groups excluding tert-OH is 1. The summed E-state index contributed by atoms with van der Waals surface area (Å²) in [4.78, 5) is 24.7. The number of ether oxygens (including phenoxy) is 4. The number of allylic oxidation sites excluding steroid dienone is 4. The first-order valence-corrected chi connectivity index (χ1v) is 9.11. The van der Waals surface area contributed by atoms with Crippen LogP contribution in [-0.2, 0) is 25.5 Å². The second kappa shape index (κ2) is 6.98. The van der Waals surface area contributed by atoms with Crippen LogP contribution in [0, 0.1) is 11.8 Å². The molecular weight excluding hydrogens is 364 g/mol. The van der Waals surface area contributed by atoms with Crippen molar-refractivity contribution in [1.82, 2.24) is 0 Å². The molecule has 1 N–H and O–H groups in total. The Kier molecular flexibility index (Phi) is 4.63. The predicted octanol–water partition coefficient (Wildman–Crippen LogP) is 1.53. The molecule has 0 radical (unpaired) electrons. The molecule has 1 aliphatic heterocycles. The zero-order valence-corrected chi connectivity index (χ0v) is 16.0. The number of hydrogen-bond acceptors (Lipinski definition) is 7. The van der Waals surface area contributed by atoms with E-state index in [1.165, 1.54) is 7.11 Å². The van der Waals surface area contributed by atoms with Crippen molar-refractivity contribution in [1.29, 1.82) is 0 Å². The van der Waals surface area contributed by atoms with Crippen molar-refractivity contribution in [3.05, 3.63) is 46.4 Å². The maximum Gasteiger partial charge on any atom is 0.271 e. The van der Waals surface area contributed by atoms with Gasteiger partial charge in [0.05, 0.1) is 27.9 Å². The van der Waals surface area contributed by atoms with Crippen LogP contribution < -0.4 is 9.47 Å². The molecule has 28 heavy (non-hydrogen) atoms. The Bertz CT molecular complexity index is 912. The number of ketones is 2. The van der Waals surface area contributed by atoms with Crippen molar-refractivity contribution in [2.75, 3.05) is 34.5 Å². The summed E-state index contributed by atoms with van der Waals surface area (Å²) >= 11 is 0. The molecule has 3 atom stereocenters. The Morgan fingerprint density at radius 3 is 2.43 bits per heavy atom. The minimum Gasteiger partial charge on any atom is -0.493 e. The summed E-state index contributed by atoms with van der Waals surface area (Å²) < 4.78 is 21.7. The monoisotopic (exact) mass is 386 g/mol. The molecule has 1 heterocycles. The highest BCUT2D eigenvalue weighted by molar-refractivity contribution is 6.49. The number of aliphatic hydroxyl groups is 1. The molecule has 0 fully saturated rings. The van der Waals surface area contributed by atoms with Crippen LogP contribution in [0.25, 0.3) is 0 Å². The fraction of sp³-hybridized carbons (Fsp3) is 0.429. The lowest BCUT2D eigenvalue weighted by molar-refractivity contribution is -0.136. The largest absolute Gasteiger partial charge is 0.493 e. The Morgan fingerprint density at radius 1 is 1.07 bits per heavy atom. The van der Waals surface area contributed by atoms with Gasteiger partial charge in [0.1, 0.15) is 0 Å². The van der Waals surface area contributed by atoms with E-state index in [1.54, 1.807) is 20.3 Å². The normalized spacial score (nSPS) is 25.9. The van der Waals surface area contributed by atoms with E-state index in [9.17, 15) is 14.7 Å². The van der Waals surface area contributed by atoms with Crippen LogP contribution in [0.15, 0.2) is 35.3 Å². The molecule has 0 aromatic heterocycles. The molecule has 0 amide bonds. The SMILES string of the molecule is COC1=CC2=C(OC[C@H]3[C@H](CO)Cc4cc(OC)c(OC)cc4[C@@H]23)C(=O)C1=O. The number of carbonyl (C=O) groups is 2. The number of benzene rings is 1. The molecule has 3 aliphatic rings. The minimum absolute atomic E-state index is 0.00106. The molecule has 7 heteroatoms. The molecule has 0 unspecified atom stereocenters. The molecule has 0 saturated carbocycles. The molecule has 2 aliphatic carbocycles. The standard InChI is InChI=1S/C21H22O7/c1-25-15-5-10-4-11(8-22)14-9-28-21-13(7-17(27-3)19(23)20(21)24)18(14)12(10)6-16(15)26-2/h5-7,11,14,18,22H,4,8-9H2,1-3H3/t11-,14-,18-/m0/s1. The maximum atomic E-state index is 12.5. The average Bonchev–Trinajstić information content (AvgIpc) is 2.73. The number of hydrogen-bond donors (Lipinski definition) is 1. The summed E-state index contributed by atoms with van der Waals surface area (Å²) in [5.74, 6) is -0.422. The van der Waals surface area contributed by atoms with Gasteiger partial charge in [-0.05, 0) is 41.7 Å². The van der Waals surface area contributed by atoms with E-state index in [-0.39, 0.29) is 42.5 Å². The van der Waals surface area contributed by atoms with Gasteiger partial charge in [-0.2, -0.15) is 0 Å². The van der Waals surface area contributed by atoms with E-state index in [0.29, 0.717) is 23.5 Å². The zero-order chi connectivity index (χ0) is 20.0. The minimum atomic E-state index is -0.707. The Balaban J connectivity index is 1.93. The summed E-state index contributed by atoms with van der Waals surface area (Å²) in [5.41, 5.74) is 2.62. The van der Waals surface area contributed by atoms with E-state index in [1.807, 2.05) is 12.1 Å². The van der Waals surface area contributed by atoms with E-state index in [4.69, 9.17) is 18.9 Å². The Hall–Kier alpha value is -2.80. The van der Waals surface area contributed by atoms with Gasteiger partial charge in [-0.3, -0.25) is 9.59 Å². The second-order valence-corrected chi connectivity index (χ2v) is 7.16. The molecule has 4 rings (SSSR count). The van der Waals surface area contributed by atoms with E-state index < -0.39 is 11.6 Å². The molecule has 1 aromatic rings. The van der Waals surface area contributed by atoms with Gasteiger partial charge in [0.2, 0.25) is 0 Å². The third-order valence-electron chi connectivity index (χ3n) is 5.89. The van der Waals surface area contributed by atoms with Crippen molar-refractivity contribution in [2.24, 2.45) is 11.8 Å². The summed E-state index contributed by atoms with van der Waals surface area (Å²) in [6.07, 6.45) is 2.25. The van der Waals surface area contributed by atoms with E-state index >= 15 is 0 Å². The molecule has 148 valence electrons. The highest BCUT2D eigenvalue weighted by Gasteiger charge is 2.47. The zero-order valence-electron chi connectivity index (χ0n) is 16.0. The number of Topliss-reactive ketones (excluding diaryl/α,β-unsaturated/α-hetero) is 2. The molecule has 7 nitrogen and oxygen atoms in total. The van der Waals surface area contributed by atoms with E-state index in [0.717, 1.165) is 11.1 Å². The summed E-state index contributed by atoms with van der Waals surface area (Å²) in [6, 6.07) is 3.83. The molecule has 0 bridgehead atoms. The van der Waals surface area contributed by atoms with Crippen LogP contribution in [0.3, 0.4) is 0 Å². The second-order valence-electron chi connectivity index (χ2n) is 7.16. The van der Waals surface area contributed by atoms with Gasteiger partial charge in [0, 0.05) is 24.0 Å². The number of rotatable bonds is 4. The average molecular weight is 386 g/mol. The van der Waals surface area contributed by atoms with Crippen molar-refractivity contribution in [3.63, 3.8) is 0 Å². The first-order chi connectivity index (χ1) is 13.5. The first-order valence-electron chi connectivity index (χ1n) is 9.11. The van der Waals surface area contributed by atoms with Gasteiger partial charge >= 0.3 is 0 Å². The van der Waals surface area contributed by atoms with Crippen molar-refractivity contribution in [3.8, 4) is 11.5 Å². The fourth-order valence-corrected chi connectivity index (χ4v) is 4.50. The molecule has 0 saturated heterocycles. The lowest BCUT2D eigenvalue weighted by Gasteiger charge is -2.43. The maximum absolute atomic E-state index is 12.5. The molecule has 1 aromatic carbocycles. The summed E-state index contributed by atoms with van der Waals surface area (Å²) in [5, 5.41) is 9.98. The number of fused-ring (bicyclic) bond motifs is 4. The third-order valence-corrected chi connectivity index (χ3v) is 5.89. The van der Waals surface area contributed by atoms with Gasteiger partial charge in [-0.1, -0.05) is 0 Å². The highest BCUT2D eigenvalue weighted by Crippen LogP contribution is 2.51. The third kappa shape index (κ3) is 2.61. The first kappa shape index (κ1) is 18.6. The highest BCUT2D eigenvalue weighted by atomic mass is 16.5. The van der Waals surface area contributed by atoms with Crippen molar-refractivity contribution < 1.29 is 33.6 Å². The van der Waals surface area contributed by atoms with Crippen molar-refractivity contribution >= 4 is 11.6 Å². The van der Waals surface area contributed by atoms with Gasteiger partial charge in [-0.15, -0.1) is 0 Å². The van der Waals surface area contributed by atoms with Gasteiger partial charge in [0.15, 0.2) is 23.0 Å². The lowest BCUT2D eigenvalue weighted by Crippen LogP contribution is -2.41. The van der Waals surface area contributed by atoms with E-state index in [2.05, 4.69) is 0 Å². The Labute approximate surface area is 162 Å². The number of carbonyl (C=O) groups excluding carboxylic acids is 2. The molecule has 0 spiro atoms. The van der Waals surface area contributed by atoms with Crippen LogP contribution >= 0.6 is 0 Å². The van der Waals surface area contributed by atoms with Gasteiger partial charge in [0.25, 0.3) is 11.6 Å². The van der Waals surface area contributed by atoms with Crippen LogP contribution in [0.1, 0.15) is 17.0 Å². The quantitative estimate of drug-likeness (QED) is 0.620. The fourth-order valence-electron chi connectivity index (χ4n) is 4.50. The van der Waals surface area contributed by atoms with Crippen LogP contribution in [0.5, 0.6) is 11.5 Å². The smallest absolute Gasteiger partial charge is 0.271 e. The van der Waals surface area contributed by atoms with Crippen LogP contribution in [0.2, 0.25) is 0 Å². The van der Waals surface area contributed by atoms with Crippen molar-refractivity contribution in [2.45, 2.75) is 12.3 Å². The van der Waals surface area contributed by atoms with Crippen LogP contribution in [0.4, 0.5) is 0 Å². The predicted molar refractivity (Wildman–Crippen MR) is 98.1 cm³/mol. The molecular formula is C21H22O7.